The maximum absolute atomic E-state index is 10.5. The van der Waals surface area contributed by atoms with E-state index in [9.17, 15) is 40.9 Å². The third kappa shape index (κ3) is 6.94. The van der Waals surface area contributed by atoms with Crippen LogP contribution in [-0.2, 0) is 18.9 Å². The van der Waals surface area contributed by atoms with E-state index in [1.54, 1.807) is 24.3 Å². The normalized spacial score (nSPS) is 37.3. The van der Waals surface area contributed by atoms with Crippen LogP contribution in [0.1, 0.15) is 23.3 Å². The Morgan fingerprint density at radius 3 is 1.13 bits per heavy atom. The van der Waals surface area contributed by atoms with E-state index in [-0.39, 0.29) is 46.3 Å². The molecule has 52 heavy (non-hydrogen) atoms. The molecule has 0 spiro atoms. The summed E-state index contributed by atoms with van der Waals surface area (Å²) >= 11 is 0. The first-order valence-electron chi connectivity index (χ1n) is 16.7. The van der Waals surface area contributed by atoms with Crippen molar-refractivity contribution in [2.45, 2.75) is 73.6 Å². The molecule has 0 amide bonds. The second-order valence-corrected chi connectivity index (χ2v) is 13.0. The van der Waals surface area contributed by atoms with Gasteiger partial charge in [-0.05, 0) is 35.4 Å². The predicted molar refractivity (Wildman–Crippen MR) is 172 cm³/mol. The molecule has 18 heteroatoms. The van der Waals surface area contributed by atoms with Crippen molar-refractivity contribution in [1.82, 2.24) is 0 Å². The molecule has 0 radical (unpaired) electrons. The van der Waals surface area contributed by atoms with Crippen LogP contribution in [0.25, 0.3) is 0 Å². The van der Waals surface area contributed by atoms with Gasteiger partial charge < -0.3 is 88.2 Å². The number of ether oxygens (including phenoxy) is 10. The topological polar surface area (TPSA) is 254 Å². The Balaban J connectivity index is 1.22. The highest BCUT2D eigenvalue weighted by atomic mass is 16.7. The van der Waals surface area contributed by atoms with Gasteiger partial charge in [-0.2, -0.15) is 0 Å². The molecule has 12 unspecified atom stereocenters. The van der Waals surface area contributed by atoms with E-state index in [1.807, 2.05) is 0 Å². The van der Waals surface area contributed by atoms with Gasteiger partial charge in [-0.25, -0.2) is 0 Å². The second kappa shape index (κ2) is 16.0. The number of fused-ring (bicyclic) bond motifs is 1. The Morgan fingerprint density at radius 1 is 0.519 bits per heavy atom. The number of methoxy groups -OCH3 is 4. The lowest BCUT2D eigenvalue weighted by Gasteiger charge is -2.39. The van der Waals surface area contributed by atoms with Crippen molar-refractivity contribution in [3.05, 3.63) is 35.4 Å². The summed E-state index contributed by atoms with van der Waals surface area (Å²) in [6.07, 6.45) is -15.9. The molecule has 4 fully saturated rings. The van der Waals surface area contributed by atoms with Crippen LogP contribution in [0.3, 0.4) is 0 Å². The molecule has 0 bridgehead atoms. The smallest absolute Gasteiger partial charge is 0.229 e. The van der Waals surface area contributed by atoms with Gasteiger partial charge >= 0.3 is 0 Å². The van der Waals surface area contributed by atoms with E-state index in [1.165, 1.54) is 28.4 Å². The summed E-state index contributed by atoms with van der Waals surface area (Å²) in [7, 11) is 5.66. The minimum absolute atomic E-state index is 0.0541. The SMILES string of the molecule is COc1cc(C2OC[C@H]3C(c4cc(OC)c(OC5OC(CO)C(O)C(O)C5O)c(OC)c4)OC[C@H]23)cc(OC)c1OC1OC(CO)C(O)C(O)C1O. The van der Waals surface area contributed by atoms with Gasteiger partial charge in [0.15, 0.2) is 23.0 Å². The maximum atomic E-state index is 10.5. The van der Waals surface area contributed by atoms with Crippen molar-refractivity contribution in [3.63, 3.8) is 0 Å². The van der Waals surface area contributed by atoms with Crippen LogP contribution >= 0.6 is 0 Å². The van der Waals surface area contributed by atoms with Crippen molar-refractivity contribution in [2.24, 2.45) is 11.8 Å². The molecule has 18 nitrogen and oxygen atoms in total. The van der Waals surface area contributed by atoms with Gasteiger partial charge in [0.05, 0.1) is 67.1 Å². The van der Waals surface area contributed by atoms with Gasteiger partial charge in [0.25, 0.3) is 0 Å². The third-order valence-corrected chi connectivity index (χ3v) is 10.1. The number of benzene rings is 2. The summed E-state index contributed by atoms with van der Waals surface area (Å²) in [5, 5.41) is 81.0. The molecule has 6 rings (SSSR count). The Labute approximate surface area is 298 Å². The second-order valence-electron chi connectivity index (χ2n) is 13.0. The van der Waals surface area contributed by atoms with Gasteiger partial charge in [-0.15, -0.1) is 0 Å². The number of aliphatic hydroxyl groups excluding tert-OH is 8. The highest BCUT2D eigenvalue weighted by Crippen LogP contribution is 2.54. The summed E-state index contributed by atoms with van der Waals surface area (Å²) in [4.78, 5) is 0. The highest BCUT2D eigenvalue weighted by molar-refractivity contribution is 5.56. The quantitative estimate of drug-likeness (QED) is 0.119. The van der Waals surface area contributed by atoms with Gasteiger partial charge in [-0.3, -0.25) is 0 Å². The molecule has 8 N–H and O–H groups in total. The summed E-state index contributed by atoms with van der Waals surface area (Å²) in [6, 6.07) is 6.78. The molecule has 4 aliphatic rings. The van der Waals surface area contributed by atoms with E-state index in [4.69, 9.17) is 47.4 Å². The van der Waals surface area contributed by atoms with Crippen LogP contribution in [0.4, 0.5) is 0 Å². The molecule has 2 aromatic rings. The standard InChI is InChI=1S/C34H46O18/c1-43-17-5-13(6-18(44-2)31(17)51-33-27(41)25(39)23(37)21(9-35)49-33)29-15-11-48-30(16(15)12-47-29)14-7-19(45-3)32(20(8-14)46-4)52-34-28(42)26(40)24(38)22(10-36)50-34/h5-8,15-16,21-30,33-42H,9-12H2,1-4H3/t15-,16+,21?,22?,23?,24?,25?,26?,27?,28?,29?,30?,33?,34?. The van der Waals surface area contributed by atoms with Crippen LogP contribution < -0.4 is 28.4 Å². The first-order chi connectivity index (χ1) is 25.0. The van der Waals surface area contributed by atoms with Gasteiger partial charge in [0.1, 0.15) is 48.8 Å². The zero-order chi connectivity index (χ0) is 37.4. The zero-order valence-corrected chi connectivity index (χ0v) is 28.9. The lowest BCUT2D eigenvalue weighted by molar-refractivity contribution is -0.277. The van der Waals surface area contributed by atoms with Gasteiger partial charge in [-0.1, -0.05) is 0 Å². The molecular formula is C34H46O18. The first-order valence-corrected chi connectivity index (χ1v) is 16.7. The Morgan fingerprint density at radius 2 is 0.846 bits per heavy atom. The van der Waals surface area contributed by atoms with Crippen LogP contribution in [0, 0.1) is 11.8 Å². The van der Waals surface area contributed by atoms with E-state index in [0.717, 1.165) is 0 Å². The first kappa shape index (κ1) is 38.5. The van der Waals surface area contributed by atoms with Crippen molar-refractivity contribution >= 4 is 0 Å². The fraction of sp³-hybridized carbons (Fsp3) is 0.647. The van der Waals surface area contributed by atoms with Crippen molar-refractivity contribution in [3.8, 4) is 34.5 Å². The van der Waals surface area contributed by atoms with Crippen LogP contribution in [-0.4, -0.2) is 157 Å². The molecule has 2 aromatic carbocycles. The summed E-state index contributed by atoms with van der Waals surface area (Å²) in [5.41, 5.74) is 1.37. The molecule has 14 atom stereocenters. The molecule has 0 aliphatic carbocycles. The molecule has 4 heterocycles. The van der Waals surface area contributed by atoms with Crippen LogP contribution in [0.5, 0.6) is 34.5 Å². The summed E-state index contributed by atoms with van der Waals surface area (Å²) in [5.74, 6) is 0.683. The van der Waals surface area contributed by atoms with E-state index >= 15 is 0 Å². The maximum Gasteiger partial charge on any atom is 0.229 e. The van der Waals surface area contributed by atoms with Gasteiger partial charge in [0, 0.05) is 11.8 Å². The molecule has 0 saturated carbocycles. The lowest BCUT2D eigenvalue weighted by atomic mass is 9.84. The third-order valence-electron chi connectivity index (χ3n) is 10.1. The Kier molecular flexibility index (Phi) is 11.8. The largest absolute Gasteiger partial charge is 0.493 e. The van der Waals surface area contributed by atoms with E-state index in [0.29, 0.717) is 24.3 Å². The fourth-order valence-electron chi connectivity index (χ4n) is 7.16. The average Bonchev–Trinajstić information content (AvgIpc) is 3.78. The number of hydrogen-bond donors (Lipinski definition) is 8. The minimum Gasteiger partial charge on any atom is -0.493 e. The number of rotatable bonds is 12. The zero-order valence-electron chi connectivity index (χ0n) is 28.9. The fourth-order valence-corrected chi connectivity index (χ4v) is 7.16. The number of aliphatic hydroxyl groups is 8. The van der Waals surface area contributed by atoms with E-state index in [2.05, 4.69) is 0 Å². The van der Waals surface area contributed by atoms with Gasteiger partial charge in [0.2, 0.25) is 24.1 Å². The lowest BCUT2D eigenvalue weighted by Crippen LogP contribution is -2.60. The molecular weight excluding hydrogens is 696 g/mol. The van der Waals surface area contributed by atoms with Crippen molar-refractivity contribution < 1.29 is 88.2 Å². The molecule has 290 valence electrons. The van der Waals surface area contributed by atoms with Crippen molar-refractivity contribution in [2.75, 3.05) is 54.9 Å². The van der Waals surface area contributed by atoms with Crippen LogP contribution in [0.2, 0.25) is 0 Å². The predicted octanol–water partition coefficient (Wildman–Crippen LogP) is -1.85. The van der Waals surface area contributed by atoms with Crippen molar-refractivity contribution in [1.29, 1.82) is 0 Å². The molecule has 0 aromatic heterocycles. The highest BCUT2D eigenvalue weighted by Gasteiger charge is 2.50. The van der Waals surface area contributed by atoms with E-state index < -0.39 is 86.8 Å². The number of hydrogen-bond acceptors (Lipinski definition) is 18. The molecule has 4 aliphatic heterocycles. The minimum atomic E-state index is -1.65. The molecule has 4 saturated heterocycles. The summed E-state index contributed by atoms with van der Waals surface area (Å²) in [6.45, 7) is -0.604. The summed E-state index contributed by atoms with van der Waals surface area (Å²) < 4.78 is 58.0. The average molecular weight is 743 g/mol. The van der Waals surface area contributed by atoms with Crippen LogP contribution in [0.15, 0.2) is 24.3 Å². The Bertz CT molecular complexity index is 1360. The monoisotopic (exact) mass is 742 g/mol. The Hall–Kier alpha value is -3.24.